The smallest absolute Gasteiger partial charge is 0.134 e. The molecule has 0 bridgehead atoms. The molecule has 2 aromatic rings. The monoisotopic (exact) mass is 229 g/mol. The lowest BCUT2D eigenvalue weighted by molar-refractivity contribution is 0.321. The molecular formula is C15H19NO. The average Bonchev–Trinajstić information content (AvgIpc) is 2.94. The van der Waals surface area contributed by atoms with E-state index in [1.165, 1.54) is 18.2 Å². The van der Waals surface area contributed by atoms with Crippen LogP contribution in [0.15, 0.2) is 34.7 Å². The Hall–Kier alpha value is -1.28. The van der Waals surface area contributed by atoms with Crippen LogP contribution in [0.4, 0.5) is 0 Å². The van der Waals surface area contributed by atoms with Crippen molar-refractivity contribution in [3.63, 3.8) is 0 Å². The molecule has 3 rings (SSSR count). The molecule has 0 amide bonds. The van der Waals surface area contributed by atoms with Crippen molar-refractivity contribution in [2.75, 3.05) is 6.54 Å². The van der Waals surface area contributed by atoms with Crippen molar-refractivity contribution in [3.05, 3.63) is 36.1 Å². The van der Waals surface area contributed by atoms with Crippen LogP contribution in [0.1, 0.15) is 38.5 Å². The van der Waals surface area contributed by atoms with E-state index in [-0.39, 0.29) is 0 Å². The number of fused-ring (bicyclic) bond motifs is 1. The predicted molar refractivity (Wildman–Crippen MR) is 70.0 cm³/mol. The highest BCUT2D eigenvalue weighted by Gasteiger charge is 2.46. The summed E-state index contributed by atoms with van der Waals surface area (Å²) < 4.78 is 5.99. The Labute approximate surface area is 102 Å². The van der Waals surface area contributed by atoms with Crippen molar-refractivity contribution in [2.45, 2.75) is 32.7 Å². The Morgan fingerprint density at radius 2 is 2.12 bits per heavy atom. The topological polar surface area (TPSA) is 25.2 Å². The molecule has 1 aliphatic rings. The van der Waals surface area contributed by atoms with Gasteiger partial charge in [0, 0.05) is 5.39 Å². The van der Waals surface area contributed by atoms with Gasteiger partial charge in [-0.2, -0.15) is 0 Å². The van der Waals surface area contributed by atoms with Gasteiger partial charge < -0.3 is 9.73 Å². The lowest BCUT2D eigenvalue weighted by Crippen LogP contribution is -2.27. The fourth-order valence-corrected chi connectivity index (χ4v) is 2.53. The van der Waals surface area contributed by atoms with E-state index in [4.69, 9.17) is 4.42 Å². The molecule has 1 N–H and O–H groups in total. The van der Waals surface area contributed by atoms with Crippen LogP contribution >= 0.6 is 0 Å². The summed E-state index contributed by atoms with van der Waals surface area (Å²) in [7, 11) is 0. The number of furan rings is 1. The van der Waals surface area contributed by atoms with Gasteiger partial charge >= 0.3 is 0 Å². The fourth-order valence-electron chi connectivity index (χ4n) is 2.53. The van der Waals surface area contributed by atoms with Crippen molar-refractivity contribution in [3.8, 4) is 0 Å². The van der Waals surface area contributed by atoms with E-state index < -0.39 is 0 Å². The average molecular weight is 229 g/mol. The fraction of sp³-hybridized carbons (Fsp3) is 0.467. The maximum Gasteiger partial charge on any atom is 0.134 e. The second kappa shape index (κ2) is 3.88. The molecule has 0 spiro atoms. The second-order valence-corrected chi connectivity index (χ2v) is 5.33. The minimum Gasteiger partial charge on any atom is -0.459 e. The van der Waals surface area contributed by atoms with Crippen molar-refractivity contribution in [1.29, 1.82) is 0 Å². The van der Waals surface area contributed by atoms with Crippen LogP contribution in [0.5, 0.6) is 0 Å². The zero-order valence-corrected chi connectivity index (χ0v) is 10.5. The van der Waals surface area contributed by atoms with Crippen LogP contribution in [0.25, 0.3) is 11.0 Å². The molecule has 1 saturated carbocycles. The van der Waals surface area contributed by atoms with Crippen molar-refractivity contribution in [1.82, 2.24) is 5.32 Å². The molecule has 0 saturated heterocycles. The summed E-state index contributed by atoms with van der Waals surface area (Å²) in [5.41, 5.74) is 1.39. The standard InChI is InChI=1S/C15H19NO/c1-3-16-14(15(2)8-9-15)13-10-11-6-4-5-7-12(11)17-13/h4-7,10,14,16H,3,8-9H2,1-2H3. The van der Waals surface area contributed by atoms with E-state index >= 15 is 0 Å². The summed E-state index contributed by atoms with van der Waals surface area (Å²) >= 11 is 0. The summed E-state index contributed by atoms with van der Waals surface area (Å²) in [5, 5.41) is 4.77. The number of benzene rings is 1. The Bertz CT molecular complexity index is 491. The second-order valence-electron chi connectivity index (χ2n) is 5.33. The third-order valence-electron chi connectivity index (χ3n) is 3.87. The molecular weight excluding hydrogens is 210 g/mol. The molecule has 1 atom stereocenters. The Morgan fingerprint density at radius 1 is 1.35 bits per heavy atom. The molecule has 1 heterocycles. The summed E-state index contributed by atoms with van der Waals surface area (Å²) in [5.74, 6) is 1.09. The first-order chi connectivity index (χ1) is 8.23. The van der Waals surface area contributed by atoms with E-state index in [0.717, 1.165) is 17.9 Å². The first-order valence-electron chi connectivity index (χ1n) is 6.45. The third-order valence-corrected chi connectivity index (χ3v) is 3.87. The number of hydrogen-bond donors (Lipinski definition) is 1. The zero-order valence-electron chi connectivity index (χ0n) is 10.5. The summed E-state index contributed by atoms with van der Waals surface area (Å²) in [6.07, 6.45) is 2.59. The minimum absolute atomic E-state index is 0.361. The number of para-hydroxylation sites is 1. The molecule has 1 fully saturated rings. The molecule has 0 aliphatic heterocycles. The van der Waals surface area contributed by atoms with E-state index in [0.29, 0.717) is 11.5 Å². The molecule has 1 aromatic heterocycles. The van der Waals surface area contributed by atoms with Gasteiger partial charge in [-0.05, 0) is 36.9 Å². The largest absolute Gasteiger partial charge is 0.459 e. The van der Waals surface area contributed by atoms with Crippen LogP contribution < -0.4 is 5.32 Å². The Balaban J connectivity index is 2.00. The summed E-state index contributed by atoms with van der Waals surface area (Å²) in [6, 6.07) is 10.8. The van der Waals surface area contributed by atoms with Gasteiger partial charge in [-0.25, -0.2) is 0 Å². The highest BCUT2D eigenvalue weighted by molar-refractivity contribution is 5.77. The van der Waals surface area contributed by atoms with Crippen molar-refractivity contribution >= 4 is 11.0 Å². The number of hydrogen-bond acceptors (Lipinski definition) is 2. The molecule has 17 heavy (non-hydrogen) atoms. The molecule has 0 radical (unpaired) electrons. The quantitative estimate of drug-likeness (QED) is 0.860. The van der Waals surface area contributed by atoms with E-state index in [1.807, 2.05) is 12.1 Å². The Morgan fingerprint density at radius 3 is 2.76 bits per heavy atom. The molecule has 90 valence electrons. The minimum atomic E-state index is 0.361. The first-order valence-corrected chi connectivity index (χ1v) is 6.45. The van der Waals surface area contributed by atoms with Crippen LogP contribution in [-0.4, -0.2) is 6.54 Å². The van der Waals surface area contributed by atoms with Gasteiger partial charge in [-0.1, -0.05) is 32.0 Å². The maximum atomic E-state index is 5.99. The van der Waals surface area contributed by atoms with Gasteiger partial charge in [0.15, 0.2) is 0 Å². The van der Waals surface area contributed by atoms with Gasteiger partial charge in [0.1, 0.15) is 11.3 Å². The van der Waals surface area contributed by atoms with Gasteiger partial charge in [0.05, 0.1) is 6.04 Å². The first kappa shape index (κ1) is 10.8. The maximum absolute atomic E-state index is 5.99. The Kier molecular flexibility index (Phi) is 2.48. The summed E-state index contributed by atoms with van der Waals surface area (Å²) in [6.45, 7) is 5.48. The van der Waals surface area contributed by atoms with Crippen molar-refractivity contribution in [2.24, 2.45) is 5.41 Å². The van der Waals surface area contributed by atoms with Gasteiger partial charge in [0.25, 0.3) is 0 Å². The predicted octanol–water partition coefficient (Wildman–Crippen LogP) is 3.88. The molecule has 2 heteroatoms. The van der Waals surface area contributed by atoms with E-state index in [1.54, 1.807) is 0 Å². The summed E-state index contributed by atoms with van der Waals surface area (Å²) in [4.78, 5) is 0. The molecule has 1 aliphatic carbocycles. The molecule has 1 aromatic carbocycles. The number of rotatable bonds is 4. The SMILES string of the molecule is CCNC(c1cc2ccccc2o1)C1(C)CC1. The highest BCUT2D eigenvalue weighted by atomic mass is 16.3. The van der Waals surface area contributed by atoms with E-state index in [9.17, 15) is 0 Å². The van der Waals surface area contributed by atoms with Crippen LogP contribution in [0.2, 0.25) is 0 Å². The van der Waals surface area contributed by atoms with E-state index in [2.05, 4.69) is 37.4 Å². The van der Waals surface area contributed by atoms with Crippen LogP contribution in [0, 0.1) is 5.41 Å². The lowest BCUT2D eigenvalue weighted by Gasteiger charge is -2.22. The molecule has 2 nitrogen and oxygen atoms in total. The normalized spacial score (nSPS) is 19.4. The third kappa shape index (κ3) is 1.87. The van der Waals surface area contributed by atoms with Gasteiger partial charge in [0.2, 0.25) is 0 Å². The highest BCUT2D eigenvalue weighted by Crippen LogP contribution is 2.54. The lowest BCUT2D eigenvalue weighted by atomic mass is 9.96. The molecule has 1 unspecified atom stereocenters. The van der Waals surface area contributed by atoms with Crippen LogP contribution in [0.3, 0.4) is 0 Å². The zero-order chi connectivity index (χ0) is 11.9. The van der Waals surface area contributed by atoms with Gasteiger partial charge in [-0.3, -0.25) is 0 Å². The van der Waals surface area contributed by atoms with Gasteiger partial charge in [-0.15, -0.1) is 0 Å². The number of nitrogens with one attached hydrogen (secondary N) is 1. The van der Waals surface area contributed by atoms with Crippen molar-refractivity contribution < 1.29 is 4.42 Å². The van der Waals surface area contributed by atoms with Crippen LogP contribution in [-0.2, 0) is 0 Å².